The van der Waals surface area contributed by atoms with Gasteiger partial charge in [0.25, 0.3) is 0 Å². The van der Waals surface area contributed by atoms with Gasteiger partial charge in [-0.05, 0) is 38.0 Å². The van der Waals surface area contributed by atoms with Crippen LogP contribution in [-0.2, 0) is 11.2 Å². The maximum atomic E-state index is 10.1. The van der Waals surface area contributed by atoms with Crippen LogP contribution in [-0.4, -0.2) is 74.6 Å². The van der Waals surface area contributed by atoms with E-state index in [9.17, 15) is 25.5 Å². The Morgan fingerprint density at radius 2 is 1.85 bits per heavy atom. The molecule has 6 N–H and O–H groups in total. The van der Waals surface area contributed by atoms with E-state index >= 15 is 0 Å². The number of phenols is 1. The molecule has 8 nitrogen and oxygen atoms in total. The van der Waals surface area contributed by atoms with Gasteiger partial charge in [-0.2, -0.15) is 0 Å². The van der Waals surface area contributed by atoms with Crippen LogP contribution in [0.4, 0.5) is 0 Å². The molecule has 0 aliphatic carbocycles. The van der Waals surface area contributed by atoms with E-state index in [-0.39, 0.29) is 12.4 Å². The van der Waals surface area contributed by atoms with Crippen molar-refractivity contribution in [1.82, 2.24) is 0 Å². The summed E-state index contributed by atoms with van der Waals surface area (Å²) in [6.45, 7) is 2.86. The van der Waals surface area contributed by atoms with Crippen LogP contribution in [0.15, 0.2) is 23.8 Å². The van der Waals surface area contributed by atoms with Crippen molar-refractivity contribution in [3.8, 4) is 11.5 Å². The molecule has 1 aliphatic heterocycles. The van der Waals surface area contributed by atoms with Gasteiger partial charge in [-0.15, -0.1) is 0 Å². The van der Waals surface area contributed by atoms with Crippen LogP contribution in [0.5, 0.6) is 11.5 Å². The average Bonchev–Trinajstić information content (AvgIpc) is 2.63. The van der Waals surface area contributed by atoms with E-state index in [4.69, 9.17) is 14.6 Å². The second kappa shape index (κ2) is 8.81. The number of hydrogen-bond acceptors (Lipinski definition) is 8. The third-order valence-corrected chi connectivity index (χ3v) is 4.52. The Morgan fingerprint density at radius 1 is 1.15 bits per heavy atom. The van der Waals surface area contributed by atoms with Gasteiger partial charge in [-0.1, -0.05) is 11.6 Å². The Balaban J connectivity index is 2.23. The van der Waals surface area contributed by atoms with Crippen LogP contribution in [0.1, 0.15) is 18.1 Å². The molecule has 2 rings (SSSR count). The average molecular weight is 370 g/mol. The van der Waals surface area contributed by atoms with Crippen molar-refractivity contribution in [1.29, 1.82) is 0 Å². The van der Waals surface area contributed by atoms with E-state index in [0.29, 0.717) is 23.3 Å². The van der Waals surface area contributed by atoms with Gasteiger partial charge in [-0.3, -0.25) is 0 Å². The highest BCUT2D eigenvalue weighted by Crippen LogP contribution is 2.32. The molecule has 1 fully saturated rings. The van der Waals surface area contributed by atoms with E-state index in [1.807, 2.05) is 0 Å². The molecule has 0 aromatic heterocycles. The van der Waals surface area contributed by atoms with E-state index in [1.165, 1.54) is 12.1 Å². The van der Waals surface area contributed by atoms with Gasteiger partial charge in [-0.25, -0.2) is 0 Å². The molecule has 0 unspecified atom stereocenters. The fraction of sp³-hybridized carbons (Fsp3) is 0.556. The van der Waals surface area contributed by atoms with Crippen LogP contribution in [0.3, 0.4) is 0 Å². The molecular formula is C18H26O8. The molecule has 1 aromatic carbocycles. The topological polar surface area (TPSA) is 140 Å². The van der Waals surface area contributed by atoms with E-state index < -0.39 is 37.3 Å². The van der Waals surface area contributed by atoms with Crippen LogP contribution < -0.4 is 4.74 Å². The minimum absolute atomic E-state index is 0.0608. The zero-order valence-electron chi connectivity index (χ0n) is 14.7. The van der Waals surface area contributed by atoms with Gasteiger partial charge in [0.2, 0.25) is 6.29 Å². The number of ether oxygens (including phenoxy) is 2. The second-order valence-corrected chi connectivity index (χ2v) is 6.41. The first kappa shape index (κ1) is 20.6. The van der Waals surface area contributed by atoms with E-state index in [0.717, 1.165) is 5.57 Å². The Labute approximate surface area is 151 Å². The summed E-state index contributed by atoms with van der Waals surface area (Å²) in [7, 11) is 0. The fourth-order valence-electron chi connectivity index (χ4n) is 2.74. The van der Waals surface area contributed by atoms with Crippen LogP contribution in [0.25, 0.3) is 0 Å². The summed E-state index contributed by atoms with van der Waals surface area (Å²) in [5.41, 5.74) is 1.94. The molecular weight excluding hydrogens is 344 g/mol. The van der Waals surface area contributed by atoms with Gasteiger partial charge >= 0.3 is 0 Å². The molecule has 0 spiro atoms. The predicted molar refractivity (Wildman–Crippen MR) is 91.8 cm³/mol. The summed E-state index contributed by atoms with van der Waals surface area (Å²) in [5, 5.41) is 58.1. The van der Waals surface area contributed by atoms with E-state index in [2.05, 4.69) is 0 Å². The van der Waals surface area contributed by atoms with Crippen molar-refractivity contribution in [2.24, 2.45) is 0 Å². The monoisotopic (exact) mass is 370 g/mol. The molecule has 8 heteroatoms. The number of phenolic OH excluding ortho intramolecular Hbond substituents is 1. The Hall–Kier alpha value is -1.68. The SMILES string of the molecule is C/C(=C/Cc1c(O)ccc(O[C@@H]2O[C@H](CO)[C@@H](O)[C@H](O)[C@H]2O)c1C)CO. The fourth-order valence-corrected chi connectivity index (χ4v) is 2.74. The molecule has 0 bridgehead atoms. The highest BCUT2D eigenvalue weighted by Gasteiger charge is 2.44. The summed E-state index contributed by atoms with van der Waals surface area (Å²) in [6, 6.07) is 2.93. The third kappa shape index (κ3) is 4.35. The molecule has 0 amide bonds. The molecule has 1 aromatic rings. The number of hydrogen-bond donors (Lipinski definition) is 6. The number of rotatable bonds is 6. The number of benzene rings is 1. The van der Waals surface area contributed by atoms with Crippen molar-refractivity contribution >= 4 is 0 Å². The lowest BCUT2D eigenvalue weighted by Crippen LogP contribution is -2.60. The predicted octanol–water partition coefficient (Wildman–Crippen LogP) is -0.640. The second-order valence-electron chi connectivity index (χ2n) is 6.41. The summed E-state index contributed by atoms with van der Waals surface area (Å²) in [6.07, 6.45) is -4.71. The third-order valence-electron chi connectivity index (χ3n) is 4.52. The van der Waals surface area contributed by atoms with E-state index in [1.54, 1.807) is 19.9 Å². The maximum absolute atomic E-state index is 10.1. The van der Waals surface area contributed by atoms with Crippen molar-refractivity contribution in [3.05, 3.63) is 34.9 Å². The minimum atomic E-state index is -1.53. The first-order valence-corrected chi connectivity index (χ1v) is 8.35. The lowest BCUT2D eigenvalue weighted by atomic mass is 9.99. The minimum Gasteiger partial charge on any atom is -0.508 e. The molecule has 1 heterocycles. The zero-order valence-corrected chi connectivity index (χ0v) is 14.7. The highest BCUT2D eigenvalue weighted by molar-refractivity contribution is 5.48. The summed E-state index contributed by atoms with van der Waals surface area (Å²) in [4.78, 5) is 0. The van der Waals surface area contributed by atoms with Gasteiger partial charge in [0.15, 0.2) is 0 Å². The van der Waals surface area contributed by atoms with Gasteiger partial charge < -0.3 is 40.1 Å². The largest absolute Gasteiger partial charge is 0.508 e. The number of aromatic hydroxyl groups is 1. The molecule has 5 atom stereocenters. The normalized spacial score (nSPS) is 29.7. The zero-order chi connectivity index (χ0) is 19.4. The summed E-state index contributed by atoms with van der Waals surface area (Å²) in [5.74, 6) is 0.378. The molecule has 1 aliphatic rings. The Bertz CT molecular complexity index is 642. The van der Waals surface area contributed by atoms with Crippen molar-refractivity contribution in [2.75, 3.05) is 13.2 Å². The molecule has 0 saturated carbocycles. The standard InChI is InChI=1S/C18H26O8/c1-9(7-19)3-4-11-10(2)13(6-5-12(11)21)25-18-17(24)16(23)15(22)14(8-20)26-18/h3,5-6,14-24H,4,7-8H2,1-2H3/b9-3-/t14-,15-,16+,17-,18-/m1/s1. The first-order valence-electron chi connectivity index (χ1n) is 8.35. The Kier molecular flexibility index (Phi) is 6.99. The molecule has 1 saturated heterocycles. The van der Waals surface area contributed by atoms with Crippen LogP contribution in [0.2, 0.25) is 0 Å². The number of aliphatic hydroxyl groups is 5. The van der Waals surface area contributed by atoms with Crippen molar-refractivity contribution < 1.29 is 40.1 Å². The smallest absolute Gasteiger partial charge is 0.229 e. The molecule has 146 valence electrons. The van der Waals surface area contributed by atoms with Crippen molar-refractivity contribution in [2.45, 2.75) is 51.0 Å². The van der Waals surface area contributed by atoms with Crippen molar-refractivity contribution in [3.63, 3.8) is 0 Å². The highest BCUT2D eigenvalue weighted by atomic mass is 16.7. The Morgan fingerprint density at radius 3 is 2.46 bits per heavy atom. The molecule has 0 radical (unpaired) electrons. The maximum Gasteiger partial charge on any atom is 0.229 e. The van der Waals surface area contributed by atoms with Gasteiger partial charge in [0, 0.05) is 5.56 Å². The first-order chi connectivity index (χ1) is 12.3. The lowest BCUT2D eigenvalue weighted by Gasteiger charge is -2.39. The summed E-state index contributed by atoms with van der Waals surface area (Å²) >= 11 is 0. The molecule has 26 heavy (non-hydrogen) atoms. The quantitative estimate of drug-likeness (QED) is 0.364. The van der Waals surface area contributed by atoms with Crippen LogP contribution in [0, 0.1) is 6.92 Å². The van der Waals surface area contributed by atoms with Gasteiger partial charge in [0.05, 0.1) is 13.2 Å². The summed E-state index contributed by atoms with van der Waals surface area (Å²) < 4.78 is 11.0. The number of aliphatic hydroxyl groups excluding tert-OH is 5. The van der Waals surface area contributed by atoms with Gasteiger partial charge in [0.1, 0.15) is 35.9 Å². The lowest BCUT2D eigenvalue weighted by molar-refractivity contribution is -0.277. The number of allylic oxidation sites excluding steroid dienone is 1. The van der Waals surface area contributed by atoms with Crippen LogP contribution >= 0.6 is 0 Å².